The van der Waals surface area contributed by atoms with Crippen LogP contribution in [-0.4, -0.2) is 17.1 Å². The summed E-state index contributed by atoms with van der Waals surface area (Å²) in [5, 5.41) is 1.96. The van der Waals surface area contributed by atoms with E-state index >= 15 is 0 Å². The van der Waals surface area contributed by atoms with Crippen molar-refractivity contribution in [3.05, 3.63) is 124 Å². The van der Waals surface area contributed by atoms with Gasteiger partial charge in [-0.3, -0.25) is 14.6 Å². The number of thiophene rings is 1. The Morgan fingerprint density at radius 1 is 0.794 bits per heavy atom. The zero-order chi connectivity index (χ0) is 24.7. The number of nitrogens with zero attached hydrogens (tertiary/aromatic N) is 1. The van der Waals surface area contributed by atoms with Crippen LogP contribution in [0, 0.1) is 0 Å². The lowest BCUT2D eigenvalue weighted by Crippen LogP contribution is -2.26. The smallest absolute Gasteiger partial charge is 0.203 e. The van der Waals surface area contributed by atoms with Crippen molar-refractivity contribution in [2.75, 3.05) is 0 Å². The minimum absolute atomic E-state index is 0.115. The quantitative estimate of drug-likeness (QED) is 0.202. The number of pyridine rings is 1. The van der Waals surface area contributed by atoms with Crippen LogP contribution in [0.15, 0.2) is 103 Å². The summed E-state index contributed by atoms with van der Waals surface area (Å²) in [7, 11) is 0. The van der Waals surface area contributed by atoms with Crippen LogP contribution in [0.2, 0.25) is 0 Å². The van der Waals surface area contributed by atoms with Gasteiger partial charge in [0.05, 0.1) is 4.88 Å². The van der Waals surface area contributed by atoms with E-state index in [0.717, 1.165) is 41.6 Å². The molecule has 4 aromatic rings. The van der Waals surface area contributed by atoms with Crippen LogP contribution in [0.1, 0.15) is 71.2 Å². The normalized spacial score (nSPS) is 10.2. The first-order valence-electron chi connectivity index (χ1n) is 11.6. The fraction of sp³-hybridized carbons (Fsp3) is 0.233. The highest BCUT2D eigenvalue weighted by molar-refractivity contribution is 7.12. The Balaban J connectivity index is 0.000000236. The van der Waals surface area contributed by atoms with Gasteiger partial charge in [0.2, 0.25) is 5.78 Å². The highest BCUT2D eigenvalue weighted by Gasteiger charge is 2.30. The van der Waals surface area contributed by atoms with Crippen molar-refractivity contribution in [2.24, 2.45) is 0 Å². The van der Waals surface area contributed by atoms with Crippen LogP contribution in [-0.2, 0) is 5.41 Å². The van der Waals surface area contributed by atoms with Gasteiger partial charge in [0, 0.05) is 23.5 Å². The molecule has 0 radical (unpaired) electrons. The number of ketones is 1. The molecule has 2 aromatic carbocycles. The molecule has 176 valence electrons. The first kappa shape index (κ1) is 26.9. The SMILES string of the molecule is CCC(CC)(CC)c1ccccc1C(=O)c1cccs1.O=Cc1ccccc1.c1ccncc1. The first-order valence-corrected chi connectivity index (χ1v) is 12.5. The second kappa shape index (κ2) is 14.7. The standard InChI is InChI=1S/C18H22OS.C7H6O.C5H5N/c1-4-18(5-2,6-3)15-11-8-7-10-14(15)17(19)16-12-9-13-20-16;8-6-7-4-2-1-3-5-7;1-2-4-6-5-3-1/h7-13H,4-6H2,1-3H3;1-6H;1-5H. The molecule has 0 atom stereocenters. The number of rotatable bonds is 7. The van der Waals surface area contributed by atoms with Crippen molar-refractivity contribution in [2.45, 2.75) is 45.4 Å². The van der Waals surface area contributed by atoms with E-state index in [0.29, 0.717) is 0 Å². The second-order valence-corrected chi connectivity index (χ2v) is 8.69. The van der Waals surface area contributed by atoms with Gasteiger partial charge >= 0.3 is 0 Å². The molecule has 0 saturated heterocycles. The predicted octanol–water partition coefficient (Wildman–Crippen LogP) is 8.03. The van der Waals surface area contributed by atoms with E-state index in [9.17, 15) is 9.59 Å². The van der Waals surface area contributed by atoms with Crippen LogP contribution in [0.25, 0.3) is 0 Å². The summed E-state index contributed by atoms with van der Waals surface area (Å²) in [6.45, 7) is 6.66. The molecule has 0 fully saturated rings. The van der Waals surface area contributed by atoms with Crippen molar-refractivity contribution in [3.63, 3.8) is 0 Å². The fourth-order valence-electron chi connectivity index (χ4n) is 3.85. The van der Waals surface area contributed by atoms with Crippen LogP contribution < -0.4 is 0 Å². The molecule has 0 saturated carbocycles. The maximum absolute atomic E-state index is 12.7. The Bertz CT molecular complexity index is 1050. The molecule has 3 nitrogen and oxygen atoms in total. The maximum Gasteiger partial charge on any atom is 0.203 e. The maximum atomic E-state index is 12.7. The molecule has 4 rings (SSSR count). The number of benzene rings is 2. The molecule has 0 aliphatic rings. The van der Waals surface area contributed by atoms with E-state index in [-0.39, 0.29) is 11.2 Å². The monoisotopic (exact) mass is 471 g/mol. The minimum atomic E-state index is 0.115. The molecule has 34 heavy (non-hydrogen) atoms. The molecule has 0 amide bonds. The number of hydrogen-bond donors (Lipinski definition) is 0. The van der Waals surface area contributed by atoms with Crippen molar-refractivity contribution < 1.29 is 9.59 Å². The average molecular weight is 472 g/mol. The molecular weight excluding hydrogens is 438 g/mol. The molecule has 0 aliphatic heterocycles. The summed E-state index contributed by atoms with van der Waals surface area (Å²) in [5.74, 6) is 0.162. The number of aldehydes is 1. The Morgan fingerprint density at radius 3 is 1.82 bits per heavy atom. The lowest BCUT2D eigenvalue weighted by Gasteiger charge is -2.32. The Morgan fingerprint density at radius 2 is 1.38 bits per heavy atom. The van der Waals surface area contributed by atoms with Gasteiger partial charge in [-0.2, -0.15) is 0 Å². The van der Waals surface area contributed by atoms with Gasteiger partial charge < -0.3 is 0 Å². The molecule has 4 heteroatoms. The van der Waals surface area contributed by atoms with Crippen LogP contribution in [0.5, 0.6) is 0 Å². The van der Waals surface area contributed by atoms with Gasteiger partial charge in [-0.25, -0.2) is 0 Å². The number of aromatic nitrogens is 1. The molecule has 0 N–H and O–H groups in total. The average Bonchev–Trinajstić information content (AvgIpc) is 3.47. The Kier molecular flexibility index (Phi) is 11.6. The second-order valence-electron chi connectivity index (χ2n) is 7.75. The van der Waals surface area contributed by atoms with Crippen molar-refractivity contribution >= 4 is 23.4 Å². The van der Waals surface area contributed by atoms with Gasteiger partial charge in [-0.1, -0.05) is 87.5 Å². The van der Waals surface area contributed by atoms with Crippen LogP contribution in [0.3, 0.4) is 0 Å². The molecule has 2 aromatic heterocycles. The number of carbonyl (C=O) groups excluding carboxylic acids is 2. The lowest BCUT2D eigenvalue weighted by atomic mass is 9.71. The largest absolute Gasteiger partial charge is 0.298 e. The minimum Gasteiger partial charge on any atom is -0.298 e. The lowest BCUT2D eigenvalue weighted by molar-refractivity contribution is 0.103. The van der Waals surface area contributed by atoms with Crippen molar-refractivity contribution in [1.29, 1.82) is 0 Å². The third-order valence-electron chi connectivity index (χ3n) is 6.02. The molecule has 2 heterocycles. The highest BCUT2D eigenvalue weighted by Crippen LogP contribution is 2.37. The predicted molar refractivity (Wildman–Crippen MR) is 143 cm³/mol. The van der Waals surface area contributed by atoms with E-state index in [4.69, 9.17) is 0 Å². The summed E-state index contributed by atoms with van der Waals surface area (Å²) >= 11 is 1.52. The van der Waals surface area contributed by atoms with Crippen molar-refractivity contribution in [1.82, 2.24) is 4.98 Å². The first-order chi connectivity index (χ1) is 16.6. The highest BCUT2D eigenvalue weighted by atomic mass is 32.1. The van der Waals surface area contributed by atoms with E-state index in [2.05, 4.69) is 37.9 Å². The third kappa shape index (κ3) is 7.60. The Labute approximate surface area is 207 Å². The Hall–Kier alpha value is -3.37. The van der Waals surface area contributed by atoms with Gasteiger partial charge in [-0.05, 0) is 53.8 Å². The molecule has 0 bridgehead atoms. The van der Waals surface area contributed by atoms with E-state index in [1.54, 1.807) is 24.5 Å². The molecular formula is C30H33NO2S. The third-order valence-corrected chi connectivity index (χ3v) is 6.89. The molecule has 0 spiro atoms. The van der Waals surface area contributed by atoms with Gasteiger partial charge in [-0.15, -0.1) is 11.3 Å². The topological polar surface area (TPSA) is 47.0 Å². The zero-order valence-corrected chi connectivity index (χ0v) is 21.0. The van der Waals surface area contributed by atoms with Gasteiger partial charge in [0.25, 0.3) is 0 Å². The summed E-state index contributed by atoms with van der Waals surface area (Å²) in [6, 6.07) is 26.8. The molecule has 0 aliphatic carbocycles. The number of carbonyl (C=O) groups is 2. The van der Waals surface area contributed by atoms with E-state index in [1.165, 1.54) is 16.9 Å². The summed E-state index contributed by atoms with van der Waals surface area (Å²) in [4.78, 5) is 27.4. The van der Waals surface area contributed by atoms with Gasteiger partial charge in [0.15, 0.2) is 0 Å². The number of hydrogen-bond acceptors (Lipinski definition) is 4. The van der Waals surface area contributed by atoms with Gasteiger partial charge in [0.1, 0.15) is 6.29 Å². The summed E-state index contributed by atoms with van der Waals surface area (Å²) in [6.07, 6.45) is 7.53. The summed E-state index contributed by atoms with van der Waals surface area (Å²) in [5.41, 5.74) is 2.93. The molecule has 0 unspecified atom stereocenters. The fourth-order valence-corrected chi connectivity index (χ4v) is 4.53. The zero-order valence-electron chi connectivity index (χ0n) is 20.2. The van der Waals surface area contributed by atoms with Crippen molar-refractivity contribution in [3.8, 4) is 0 Å². The van der Waals surface area contributed by atoms with Crippen LogP contribution >= 0.6 is 11.3 Å². The van der Waals surface area contributed by atoms with E-state index < -0.39 is 0 Å². The van der Waals surface area contributed by atoms with E-state index in [1.807, 2.05) is 66.0 Å². The van der Waals surface area contributed by atoms with Crippen LogP contribution in [0.4, 0.5) is 0 Å². The summed E-state index contributed by atoms with van der Waals surface area (Å²) < 4.78 is 0.